The number of hydrogen-bond donors (Lipinski definition) is 0. The van der Waals surface area contributed by atoms with E-state index in [1.807, 2.05) is 54.3 Å². The van der Waals surface area contributed by atoms with Crippen molar-refractivity contribution in [1.29, 1.82) is 0 Å². The predicted octanol–water partition coefficient (Wildman–Crippen LogP) is 6.87. The van der Waals surface area contributed by atoms with E-state index in [4.69, 9.17) is 0 Å². The number of likely N-dealkylation sites (tertiary alicyclic amines) is 1. The fraction of sp³-hybridized carbons (Fsp3) is 0.312. The van der Waals surface area contributed by atoms with E-state index in [1.54, 1.807) is 12.4 Å². The van der Waals surface area contributed by atoms with Gasteiger partial charge in [-0.1, -0.05) is 55.0 Å². The van der Waals surface area contributed by atoms with Crippen LogP contribution in [-0.4, -0.2) is 38.7 Å². The van der Waals surface area contributed by atoms with Gasteiger partial charge in [0.1, 0.15) is 5.82 Å². The molecule has 0 amide bonds. The third-order valence-electron chi connectivity index (χ3n) is 7.32. The van der Waals surface area contributed by atoms with Crippen molar-refractivity contribution >= 4 is 5.78 Å². The van der Waals surface area contributed by atoms with Crippen LogP contribution >= 0.6 is 0 Å². The van der Waals surface area contributed by atoms with Gasteiger partial charge in [0.15, 0.2) is 5.78 Å². The Balaban J connectivity index is 1.33. The van der Waals surface area contributed by atoms with Crippen LogP contribution in [0.5, 0.6) is 0 Å². The number of carbonyl (C=O) groups excluding carboxylic acids is 1. The number of halogens is 3. The first-order valence-electron chi connectivity index (χ1n) is 13.5. The fourth-order valence-electron chi connectivity index (χ4n) is 5.13. The Hall–Kier alpha value is -3.91. The summed E-state index contributed by atoms with van der Waals surface area (Å²) in [6.45, 7) is 3.70. The third kappa shape index (κ3) is 6.80. The van der Waals surface area contributed by atoms with Gasteiger partial charge in [0.2, 0.25) is 0 Å². The average molecular weight is 545 g/mol. The number of rotatable bonds is 8. The van der Waals surface area contributed by atoms with E-state index < -0.39 is 11.7 Å². The van der Waals surface area contributed by atoms with Crippen molar-refractivity contribution in [2.24, 2.45) is 0 Å². The van der Waals surface area contributed by atoms with Gasteiger partial charge in [-0.15, -0.1) is 0 Å². The minimum atomic E-state index is -4.53. The molecular weight excluding hydrogens is 513 g/mol. The van der Waals surface area contributed by atoms with Crippen LogP contribution in [0.1, 0.15) is 63.4 Å². The van der Waals surface area contributed by atoms with Crippen molar-refractivity contribution in [1.82, 2.24) is 19.9 Å². The molecule has 5 rings (SSSR count). The number of aryl methyl sites for hydroxylation is 1. The molecular formula is C32H31F3N4O. The highest BCUT2D eigenvalue weighted by molar-refractivity contribution is 5.97. The highest BCUT2D eigenvalue weighted by Crippen LogP contribution is 2.34. The van der Waals surface area contributed by atoms with E-state index in [0.29, 0.717) is 17.8 Å². The molecule has 0 unspecified atom stereocenters. The Morgan fingerprint density at radius 2 is 1.70 bits per heavy atom. The van der Waals surface area contributed by atoms with Gasteiger partial charge in [0.05, 0.1) is 11.3 Å². The van der Waals surface area contributed by atoms with Crippen molar-refractivity contribution in [2.45, 2.75) is 51.7 Å². The molecule has 0 N–H and O–H groups in total. The van der Waals surface area contributed by atoms with Crippen molar-refractivity contribution in [3.05, 3.63) is 112 Å². The molecule has 5 nitrogen and oxygen atoms in total. The number of aromatic nitrogens is 3. The Labute approximate surface area is 232 Å². The SMILES string of the molecule is Cc1ncc(CC(=O)c2ccc(CN3CCCCC3)c(C(F)(F)F)c2)cc1Cc1nccc(-c2ccccc2)n1. The highest BCUT2D eigenvalue weighted by atomic mass is 19.4. The maximum atomic E-state index is 14.0. The summed E-state index contributed by atoms with van der Waals surface area (Å²) in [5.74, 6) is 0.239. The molecule has 0 aliphatic carbocycles. The number of piperidine rings is 1. The highest BCUT2D eigenvalue weighted by Gasteiger charge is 2.34. The minimum absolute atomic E-state index is 0.0477. The molecule has 0 spiro atoms. The van der Waals surface area contributed by atoms with Crippen LogP contribution < -0.4 is 0 Å². The van der Waals surface area contributed by atoms with Gasteiger partial charge >= 0.3 is 6.18 Å². The molecule has 8 heteroatoms. The second-order valence-corrected chi connectivity index (χ2v) is 10.3. The quantitative estimate of drug-likeness (QED) is 0.227. The average Bonchev–Trinajstić information content (AvgIpc) is 2.95. The number of nitrogens with zero attached hydrogens (tertiary/aromatic N) is 4. The van der Waals surface area contributed by atoms with E-state index in [0.717, 1.165) is 60.9 Å². The number of alkyl halides is 3. The molecule has 3 heterocycles. The van der Waals surface area contributed by atoms with Gasteiger partial charge in [0, 0.05) is 48.6 Å². The first-order chi connectivity index (χ1) is 19.3. The topological polar surface area (TPSA) is 59.0 Å². The van der Waals surface area contributed by atoms with E-state index in [2.05, 4.69) is 15.0 Å². The molecule has 0 saturated carbocycles. The molecule has 1 fully saturated rings. The number of carbonyl (C=O) groups is 1. The standard InChI is InChI=1S/C32H31F3N4O/c1-22-27(19-31-36-13-12-29(38-31)24-8-4-2-5-9-24)16-23(20-37-22)17-30(40)25-10-11-26(28(18-25)32(33,34)35)21-39-14-6-3-7-15-39/h2,4-5,8-13,16,18,20H,3,6-7,14-15,17,19,21H2,1H3. The molecule has 0 bridgehead atoms. The summed E-state index contributed by atoms with van der Waals surface area (Å²) in [4.78, 5) is 28.7. The van der Waals surface area contributed by atoms with Crippen LogP contribution in [0.3, 0.4) is 0 Å². The van der Waals surface area contributed by atoms with Crippen LogP contribution in [0.15, 0.2) is 73.1 Å². The second-order valence-electron chi connectivity index (χ2n) is 10.3. The molecule has 206 valence electrons. The van der Waals surface area contributed by atoms with Crippen LogP contribution in [-0.2, 0) is 25.6 Å². The Kier molecular flexibility index (Phi) is 8.35. The molecule has 1 saturated heterocycles. The van der Waals surface area contributed by atoms with Gasteiger partial charge in [0.25, 0.3) is 0 Å². The van der Waals surface area contributed by atoms with Gasteiger partial charge < -0.3 is 0 Å². The van der Waals surface area contributed by atoms with Gasteiger partial charge in [-0.2, -0.15) is 13.2 Å². The van der Waals surface area contributed by atoms with Crippen LogP contribution in [0.25, 0.3) is 11.3 Å². The lowest BCUT2D eigenvalue weighted by Crippen LogP contribution is -2.30. The summed E-state index contributed by atoms with van der Waals surface area (Å²) in [6.07, 6.45) is 2.26. The number of pyridine rings is 1. The molecule has 40 heavy (non-hydrogen) atoms. The molecule has 4 aromatic rings. The normalized spacial score (nSPS) is 14.3. The van der Waals surface area contributed by atoms with Crippen molar-refractivity contribution in [3.8, 4) is 11.3 Å². The van der Waals surface area contributed by atoms with E-state index in [9.17, 15) is 18.0 Å². The number of Topliss-reactive ketones (excluding diaryl/α,β-unsaturated/α-hetero) is 1. The second kappa shape index (κ2) is 12.1. The summed E-state index contributed by atoms with van der Waals surface area (Å²) in [5.41, 5.74) is 3.61. The van der Waals surface area contributed by atoms with Gasteiger partial charge in [-0.05, 0) is 61.7 Å². The third-order valence-corrected chi connectivity index (χ3v) is 7.32. The first kappa shape index (κ1) is 27.6. The summed E-state index contributed by atoms with van der Waals surface area (Å²) in [5, 5.41) is 0. The number of hydrogen-bond acceptors (Lipinski definition) is 5. The predicted molar refractivity (Wildman–Crippen MR) is 148 cm³/mol. The van der Waals surface area contributed by atoms with Crippen LogP contribution in [0.4, 0.5) is 13.2 Å². The number of ketones is 1. The van der Waals surface area contributed by atoms with Crippen molar-refractivity contribution < 1.29 is 18.0 Å². The summed E-state index contributed by atoms with van der Waals surface area (Å²) in [7, 11) is 0. The summed E-state index contributed by atoms with van der Waals surface area (Å²) >= 11 is 0. The molecule has 1 aliphatic heterocycles. The smallest absolute Gasteiger partial charge is 0.299 e. The molecule has 0 radical (unpaired) electrons. The van der Waals surface area contributed by atoms with Gasteiger partial charge in [-0.25, -0.2) is 9.97 Å². The summed E-state index contributed by atoms with van der Waals surface area (Å²) < 4.78 is 41.9. The Bertz CT molecular complexity index is 1480. The van der Waals surface area contributed by atoms with E-state index in [-0.39, 0.29) is 29.9 Å². The van der Waals surface area contributed by atoms with Crippen molar-refractivity contribution in [3.63, 3.8) is 0 Å². The van der Waals surface area contributed by atoms with Crippen molar-refractivity contribution in [2.75, 3.05) is 13.1 Å². The van der Waals surface area contributed by atoms with E-state index >= 15 is 0 Å². The lowest BCUT2D eigenvalue weighted by atomic mass is 9.96. The monoisotopic (exact) mass is 544 g/mol. The molecule has 0 atom stereocenters. The zero-order valence-corrected chi connectivity index (χ0v) is 22.4. The molecule has 1 aliphatic rings. The first-order valence-corrected chi connectivity index (χ1v) is 13.5. The molecule has 2 aromatic carbocycles. The van der Waals surface area contributed by atoms with Crippen LogP contribution in [0.2, 0.25) is 0 Å². The maximum absolute atomic E-state index is 14.0. The van der Waals surface area contributed by atoms with Crippen LogP contribution in [0, 0.1) is 6.92 Å². The maximum Gasteiger partial charge on any atom is 0.416 e. The zero-order chi connectivity index (χ0) is 28.1. The molecule has 2 aromatic heterocycles. The number of benzene rings is 2. The largest absolute Gasteiger partial charge is 0.416 e. The summed E-state index contributed by atoms with van der Waals surface area (Å²) in [6, 6.07) is 17.5. The Morgan fingerprint density at radius 3 is 2.45 bits per heavy atom. The lowest BCUT2D eigenvalue weighted by Gasteiger charge is -2.27. The zero-order valence-electron chi connectivity index (χ0n) is 22.4. The Morgan fingerprint density at radius 1 is 0.925 bits per heavy atom. The minimum Gasteiger partial charge on any atom is -0.299 e. The fourth-order valence-corrected chi connectivity index (χ4v) is 5.13. The van der Waals surface area contributed by atoms with E-state index in [1.165, 1.54) is 12.1 Å². The van der Waals surface area contributed by atoms with Gasteiger partial charge in [-0.3, -0.25) is 14.7 Å². The lowest BCUT2D eigenvalue weighted by molar-refractivity contribution is -0.138.